The lowest BCUT2D eigenvalue weighted by Crippen LogP contribution is -2.29. The summed E-state index contributed by atoms with van der Waals surface area (Å²) in [5.41, 5.74) is 0.305. The molecule has 0 aliphatic heterocycles. The zero-order valence-electron chi connectivity index (χ0n) is 13.4. The number of anilines is 1. The first-order valence-corrected chi connectivity index (χ1v) is 7.09. The van der Waals surface area contributed by atoms with Crippen LogP contribution in [0.3, 0.4) is 0 Å². The van der Waals surface area contributed by atoms with Crippen LogP contribution in [0.25, 0.3) is 0 Å². The minimum atomic E-state index is -0.145. The van der Waals surface area contributed by atoms with Gasteiger partial charge in [0.05, 0.1) is 0 Å². The van der Waals surface area contributed by atoms with Crippen LogP contribution in [-0.4, -0.2) is 28.0 Å². The molecule has 112 valence electrons. The van der Waals surface area contributed by atoms with Crippen LogP contribution in [0.1, 0.15) is 57.4 Å². The van der Waals surface area contributed by atoms with Gasteiger partial charge in [0.15, 0.2) is 0 Å². The summed E-state index contributed by atoms with van der Waals surface area (Å²) in [4.78, 5) is 20.6. The van der Waals surface area contributed by atoms with E-state index < -0.39 is 0 Å². The molecule has 5 nitrogen and oxygen atoms in total. The maximum Gasteiger partial charge on any atom is 0.270 e. The lowest BCUT2D eigenvalue weighted by Gasteiger charge is -2.21. The van der Waals surface area contributed by atoms with Crippen molar-refractivity contribution in [2.45, 2.75) is 53.5 Å². The van der Waals surface area contributed by atoms with Crippen molar-refractivity contribution < 1.29 is 4.79 Å². The first-order valence-electron chi connectivity index (χ1n) is 7.09. The Morgan fingerprint density at radius 2 is 1.95 bits per heavy atom. The highest BCUT2D eigenvalue weighted by molar-refractivity contribution is 5.92. The Balaban J connectivity index is 2.77. The minimum absolute atomic E-state index is 0.105. The molecule has 1 aromatic rings. The quantitative estimate of drug-likeness (QED) is 0.869. The second-order valence-corrected chi connectivity index (χ2v) is 6.50. The summed E-state index contributed by atoms with van der Waals surface area (Å²) in [5.74, 6) is 1.70. The van der Waals surface area contributed by atoms with Gasteiger partial charge in [-0.25, -0.2) is 9.97 Å². The van der Waals surface area contributed by atoms with Crippen molar-refractivity contribution in [2.75, 3.05) is 11.9 Å². The number of aromatic nitrogens is 2. The van der Waals surface area contributed by atoms with Gasteiger partial charge in [-0.3, -0.25) is 4.79 Å². The molecule has 0 atom stereocenters. The van der Waals surface area contributed by atoms with Gasteiger partial charge in [-0.15, -0.1) is 0 Å². The van der Waals surface area contributed by atoms with Crippen LogP contribution in [-0.2, 0) is 0 Å². The molecule has 0 aliphatic carbocycles. The van der Waals surface area contributed by atoms with E-state index in [1.165, 1.54) is 0 Å². The highest BCUT2D eigenvalue weighted by atomic mass is 16.1. The van der Waals surface area contributed by atoms with E-state index in [-0.39, 0.29) is 11.4 Å². The fourth-order valence-electron chi connectivity index (χ4n) is 1.70. The van der Waals surface area contributed by atoms with Crippen molar-refractivity contribution in [3.05, 3.63) is 17.6 Å². The van der Waals surface area contributed by atoms with Crippen molar-refractivity contribution >= 4 is 11.7 Å². The Morgan fingerprint density at radius 3 is 2.50 bits per heavy atom. The zero-order valence-corrected chi connectivity index (χ0v) is 13.4. The number of hydrogen-bond acceptors (Lipinski definition) is 4. The van der Waals surface area contributed by atoms with Crippen LogP contribution in [0.4, 0.5) is 5.82 Å². The van der Waals surface area contributed by atoms with E-state index in [0.29, 0.717) is 29.8 Å². The van der Waals surface area contributed by atoms with Crippen LogP contribution in [0, 0.1) is 12.8 Å². The average Bonchev–Trinajstić information content (AvgIpc) is 2.24. The van der Waals surface area contributed by atoms with Crippen molar-refractivity contribution in [2.24, 2.45) is 5.92 Å². The highest BCUT2D eigenvalue weighted by Gasteiger charge is 2.14. The Bertz CT molecular complexity index is 463. The molecular formula is C15H26N4O. The van der Waals surface area contributed by atoms with E-state index in [4.69, 9.17) is 0 Å². The van der Waals surface area contributed by atoms with Gasteiger partial charge in [0.25, 0.3) is 5.91 Å². The van der Waals surface area contributed by atoms with Crippen LogP contribution >= 0.6 is 0 Å². The molecule has 0 fully saturated rings. The van der Waals surface area contributed by atoms with Crippen molar-refractivity contribution in [1.29, 1.82) is 0 Å². The van der Waals surface area contributed by atoms with Gasteiger partial charge < -0.3 is 10.6 Å². The van der Waals surface area contributed by atoms with E-state index in [9.17, 15) is 4.79 Å². The number of hydrogen-bond donors (Lipinski definition) is 2. The molecule has 0 aliphatic rings. The molecule has 0 spiro atoms. The molecule has 1 heterocycles. The smallest absolute Gasteiger partial charge is 0.270 e. The molecule has 1 rings (SSSR count). The van der Waals surface area contributed by atoms with Crippen LogP contribution in [0.5, 0.6) is 0 Å². The van der Waals surface area contributed by atoms with Gasteiger partial charge in [-0.1, -0.05) is 13.8 Å². The van der Waals surface area contributed by atoms with Crippen LogP contribution in [0.2, 0.25) is 0 Å². The van der Waals surface area contributed by atoms with Crippen LogP contribution in [0.15, 0.2) is 6.07 Å². The Kier molecular flexibility index (Phi) is 5.48. The van der Waals surface area contributed by atoms with Gasteiger partial charge in [0.2, 0.25) is 0 Å². The molecule has 0 radical (unpaired) electrons. The fraction of sp³-hybridized carbons (Fsp3) is 0.667. The average molecular weight is 278 g/mol. The molecule has 1 amide bonds. The summed E-state index contributed by atoms with van der Waals surface area (Å²) in [7, 11) is 0. The molecule has 0 saturated heterocycles. The molecule has 2 N–H and O–H groups in total. The van der Waals surface area contributed by atoms with Crippen molar-refractivity contribution in [1.82, 2.24) is 15.3 Å². The summed E-state index contributed by atoms with van der Waals surface area (Å²) in [6, 6.07) is 1.70. The standard InChI is InChI=1S/C15H26N4O/c1-10(2)7-8-16-14(20)12-9-13(18-11(3)17-12)19-15(4,5)6/h9-10H,7-8H2,1-6H3,(H,16,20)(H,17,18,19). The molecule has 0 saturated carbocycles. The Morgan fingerprint density at radius 1 is 1.30 bits per heavy atom. The summed E-state index contributed by atoms with van der Waals surface area (Å²) in [5, 5.41) is 6.15. The summed E-state index contributed by atoms with van der Waals surface area (Å²) in [6.45, 7) is 12.9. The number of carbonyl (C=O) groups excluding carboxylic acids is 1. The molecule has 5 heteroatoms. The molecular weight excluding hydrogens is 252 g/mol. The number of carbonyl (C=O) groups is 1. The number of amides is 1. The first kappa shape index (κ1) is 16.4. The number of nitrogens with zero attached hydrogens (tertiary/aromatic N) is 2. The lowest BCUT2D eigenvalue weighted by atomic mass is 10.1. The normalized spacial score (nSPS) is 11.6. The predicted octanol–water partition coefficient (Wildman–Crippen LogP) is 2.77. The Labute approximate surface area is 121 Å². The number of rotatable bonds is 5. The third-order valence-corrected chi connectivity index (χ3v) is 2.58. The molecule has 0 unspecified atom stereocenters. The first-order chi connectivity index (χ1) is 9.17. The minimum Gasteiger partial charge on any atom is -0.365 e. The number of aryl methyl sites for hydroxylation is 1. The topological polar surface area (TPSA) is 66.9 Å². The van der Waals surface area contributed by atoms with Gasteiger partial charge in [0.1, 0.15) is 17.3 Å². The summed E-state index contributed by atoms with van der Waals surface area (Å²) >= 11 is 0. The summed E-state index contributed by atoms with van der Waals surface area (Å²) in [6.07, 6.45) is 0.961. The van der Waals surface area contributed by atoms with Gasteiger partial charge >= 0.3 is 0 Å². The van der Waals surface area contributed by atoms with E-state index in [0.717, 1.165) is 6.42 Å². The third kappa shape index (κ3) is 5.99. The monoisotopic (exact) mass is 278 g/mol. The highest BCUT2D eigenvalue weighted by Crippen LogP contribution is 2.13. The number of nitrogens with one attached hydrogen (secondary N) is 2. The summed E-state index contributed by atoms with van der Waals surface area (Å²) < 4.78 is 0. The maximum atomic E-state index is 12.1. The van der Waals surface area contributed by atoms with E-state index >= 15 is 0 Å². The lowest BCUT2D eigenvalue weighted by molar-refractivity contribution is 0.0946. The molecule has 0 aromatic carbocycles. The molecule has 0 bridgehead atoms. The molecule has 1 aromatic heterocycles. The van der Waals surface area contributed by atoms with E-state index in [2.05, 4.69) is 34.4 Å². The van der Waals surface area contributed by atoms with Crippen LogP contribution < -0.4 is 10.6 Å². The Hall–Kier alpha value is -1.65. The maximum absolute atomic E-state index is 12.1. The predicted molar refractivity (Wildman–Crippen MR) is 81.9 cm³/mol. The van der Waals surface area contributed by atoms with E-state index in [1.807, 2.05) is 20.8 Å². The molecule has 20 heavy (non-hydrogen) atoms. The van der Waals surface area contributed by atoms with E-state index in [1.54, 1.807) is 13.0 Å². The second kappa shape index (κ2) is 6.68. The van der Waals surface area contributed by atoms with Crippen molar-refractivity contribution in [3.8, 4) is 0 Å². The van der Waals surface area contributed by atoms with Gasteiger partial charge in [-0.2, -0.15) is 0 Å². The van der Waals surface area contributed by atoms with Gasteiger partial charge in [-0.05, 0) is 40.0 Å². The second-order valence-electron chi connectivity index (χ2n) is 6.50. The zero-order chi connectivity index (χ0) is 15.3. The van der Waals surface area contributed by atoms with Crippen molar-refractivity contribution in [3.63, 3.8) is 0 Å². The largest absolute Gasteiger partial charge is 0.365 e. The van der Waals surface area contributed by atoms with Gasteiger partial charge in [0, 0.05) is 18.2 Å². The SMILES string of the molecule is Cc1nc(NC(C)(C)C)cc(C(=O)NCCC(C)C)n1. The fourth-order valence-corrected chi connectivity index (χ4v) is 1.70. The third-order valence-electron chi connectivity index (χ3n) is 2.58.